The highest BCUT2D eigenvalue weighted by Gasteiger charge is 2.28. The van der Waals surface area contributed by atoms with E-state index in [2.05, 4.69) is 57.9 Å². The number of aryl methyl sites for hydroxylation is 1. The van der Waals surface area contributed by atoms with Crippen LogP contribution in [0.3, 0.4) is 0 Å². The highest BCUT2D eigenvalue weighted by Crippen LogP contribution is 2.30. The molecule has 2 aliphatic rings. The molecule has 198 valence electrons. The maximum Gasteiger partial charge on any atom is 0.317 e. The Morgan fingerprint density at radius 1 is 1.11 bits per heavy atom. The topological polar surface area (TPSA) is 65.9 Å². The molecule has 0 atom stereocenters. The Morgan fingerprint density at radius 3 is 2.50 bits per heavy atom. The van der Waals surface area contributed by atoms with Crippen molar-refractivity contribution in [3.05, 3.63) is 41.6 Å². The molecule has 1 aromatic heterocycles. The number of urea groups is 1. The summed E-state index contributed by atoms with van der Waals surface area (Å²) in [5.41, 5.74) is 3.17. The van der Waals surface area contributed by atoms with Gasteiger partial charge >= 0.3 is 6.03 Å². The highest BCUT2D eigenvalue weighted by atomic mass is 16.5. The summed E-state index contributed by atoms with van der Waals surface area (Å²) in [4.78, 5) is 20.4. The van der Waals surface area contributed by atoms with Crippen molar-refractivity contribution >= 4 is 11.8 Å². The van der Waals surface area contributed by atoms with Crippen LogP contribution in [0, 0.1) is 6.92 Å². The van der Waals surface area contributed by atoms with Gasteiger partial charge in [-0.05, 0) is 44.9 Å². The minimum absolute atomic E-state index is 0.0339. The van der Waals surface area contributed by atoms with Crippen molar-refractivity contribution in [1.29, 1.82) is 0 Å². The molecule has 2 aromatic rings. The van der Waals surface area contributed by atoms with Gasteiger partial charge in [-0.15, -0.1) is 0 Å². The maximum absolute atomic E-state index is 13.5. The van der Waals surface area contributed by atoms with Gasteiger partial charge in [0.05, 0.1) is 17.9 Å². The highest BCUT2D eigenvalue weighted by molar-refractivity contribution is 5.75. The van der Waals surface area contributed by atoms with E-state index >= 15 is 0 Å². The molecule has 1 saturated heterocycles. The van der Waals surface area contributed by atoms with Crippen LogP contribution in [0.15, 0.2) is 30.3 Å². The van der Waals surface area contributed by atoms with Crippen molar-refractivity contribution in [1.82, 2.24) is 24.9 Å². The SMILES string of the molecule is CCN1CCN(c2c(CN(CCCOC)C(=O)NC3CCCCC3)c(C)nn2-c2ccccc2)CC1. The van der Waals surface area contributed by atoms with E-state index in [-0.39, 0.29) is 12.1 Å². The van der Waals surface area contributed by atoms with E-state index in [0.29, 0.717) is 19.7 Å². The first kappa shape index (κ1) is 26.5. The number of benzene rings is 1. The number of carbonyl (C=O) groups excluding carboxylic acids is 1. The normalized spacial score (nSPS) is 17.4. The number of methoxy groups -OCH3 is 1. The Hall–Kier alpha value is -2.58. The summed E-state index contributed by atoms with van der Waals surface area (Å²) in [6.07, 6.45) is 6.64. The van der Waals surface area contributed by atoms with Crippen molar-refractivity contribution in [2.45, 2.75) is 65.0 Å². The molecule has 0 unspecified atom stereocenters. The second kappa shape index (κ2) is 13.1. The van der Waals surface area contributed by atoms with Gasteiger partial charge in [0, 0.05) is 58.0 Å². The Labute approximate surface area is 216 Å². The molecule has 1 aliphatic carbocycles. The van der Waals surface area contributed by atoms with Gasteiger partial charge in [0.25, 0.3) is 0 Å². The summed E-state index contributed by atoms with van der Waals surface area (Å²) in [6, 6.07) is 10.7. The lowest BCUT2D eigenvalue weighted by Gasteiger charge is -2.36. The zero-order chi connectivity index (χ0) is 25.3. The molecule has 0 bridgehead atoms. The van der Waals surface area contributed by atoms with Gasteiger partial charge in [0.1, 0.15) is 5.82 Å². The van der Waals surface area contributed by atoms with Gasteiger partial charge in [-0.2, -0.15) is 5.10 Å². The van der Waals surface area contributed by atoms with Crippen LogP contribution in [-0.4, -0.2) is 84.6 Å². The standard InChI is InChI=1S/C28H44N6O2/c1-4-31-17-19-32(20-18-31)27-26(23(2)30-34(27)25-14-9-6-10-15-25)22-33(16-11-21-36-3)28(35)29-24-12-7-5-8-13-24/h6,9-10,14-15,24H,4-5,7-8,11-13,16-22H2,1-3H3,(H,29,35). The third-order valence-corrected chi connectivity index (χ3v) is 7.62. The number of nitrogens with one attached hydrogen (secondary N) is 1. The number of aromatic nitrogens is 2. The first-order valence-corrected chi connectivity index (χ1v) is 13.8. The zero-order valence-electron chi connectivity index (χ0n) is 22.4. The fourth-order valence-corrected chi connectivity index (χ4v) is 5.44. The minimum Gasteiger partial charge on any atom is -0.385 e. The number of anilines is 1. The minimum atomic E-state index is 0.0339. The van der Waals surface area contributed by atoms with Gasteiger partial charge in [0.15, 0.2) is 0 Å². The lowest BCUT2D eigenvalue weighted by molar-refractivity contribution is 0.162. The van der Waals surface area contributed by atoms with Crippen LogP contribution in [0.2, 0.25) is 0 Å². The lowest BCUT2D eigenvalue weighted by atomic mass is 9.96. The first-order valence-electron chi connectivity index (χ1n) is 13.8. The molecule has 8 heteroatoms. The number of rotatable bonds is 10. The molecular weight excluding hydrogens is 452 g/mol. The van der Waals surface area contributed by atoms with E-state index in [1.54, 1.807) is 7.11 Å². The number of likely N-dealkylation sites (N-methyl/N-ethyl adjacent to an activating group) is 1. The molecule has 0 spiro atoms. The Balaban J connectivity index is 1.62. The predicted molar refractivity (Wildman–Crippen MR) is 145 cm³/mol. The average molecular weight is 497 g/mol. The number of hydrogen-bond donors (Lipinski definition) is 1. The quantitative estimate of drug-likeness (QED) is 0.500. The van der Waals surface area contributed by atoms with Gasteiger partial charge in [-0.1, -0.05) is 44.4 Å². The Morgan fingerprint density at radius 2 is 1.83 bits per heavy atom. The van der Waals surface area contributed by atoms with Crippen LogP contribution >= 0.6 is 0 Å². The molecule has 2 fully saturated rings. The van der Waals surface area contributed by atoms with Crippen molar-refractivity contribution < 1.29 is 9.53 Å². The van der Waals surface area contributed by atoms with E-state index in [1.165, 1.54) is 19.3 Å². The van der Waals surface area contributed by atoms with Crippen molar-refractivity contribution in [2.75, 3.05) is 57.9 Å². The number of para-hydroxylation sites is 1. The number of carbonyl (C=O) groups is 1. The number of ether oxygens (including phenoxy) is 1. The molecule has 2 amide bonds. The first-order chi connectivity index (χ1) is 17.6. The van der Waals surface area contributed by atoms with Gasteiger partial charge < -0.3 is 24.8 Å². The predicted octanol–water partition coefficient (Wildman–Crippen LogP) is 4.20. The second-order valence-corrected chi connectivity index (χ2v) is 10.1. The van der Waals surface area contributed by atoms with E-state index in [0.717, 1.165) is 74.7 Å². The van der Waals surface area contributed by atoms with Crippen LogP contribution in [0.1, 0.15) is 56.7 Å². The Kier molecular flexibility index (Phi) is 9.64. The summed E-state index contributed by atoms with van der Waals surface area (Å²) in [6.45, 7) is 11.2. The molecular formula is C28H44N6O2. The number of hydrogen-bond acceptors (Lipinski definition) is 5. The fraction of sp³-hybridized carbons (Fsp3) is 0.643. The van der Waals surface area contributed by atoms with Crippen LogP contribution in [0.4, 0.5) is 10.6 Å². The van der Waals surface area contributed by atoms with E-state index in [4.69, 9.17) is 9.84 Å². The summed E-state index contributed by atoms with van der Waals surface area (Å²) in [5, 5.41) is 8.33. The summed E-state index contributed by atoms with van der Waals surface area (Å²) >= 11 is 0. The summed E-state index contributed by atoms with van der Waals surface area (Å²) < 4.78 is 7.39. The summed E-state index contributed by atoms with van der Waals surface area (Å²) in [5.74, 6) is 1.12. The maximum atomic E-state index is 13.5. The van der Waals surface area contributed by atoms with Crippen molar-refractivity contribution in [3.8, 4) is 5.69 Å². The Bertz CT molecular complexity index is 948. The van der Waals surface area contributed by atoms with Crippen LogP contribution in [0.5, 0.6) is 0 Å². The third kappa shape index (κ3) is 6.59. The third-order valence-electron chi connectivity index (χ3n) is 7.62. The van der Waals surface area contributed by atoms with Gasteiger partial charge in [-0.3, -0.25) is 0 Å². The molecule has 8 nitrogen and oxygen atoms in total. The van der Waals surface area contributed by atoms with Gasteiger partial charge in [0.2, 0.25) is 0 Å². The van der Waals surface area contributed by atoms with E-state index < -0.39 is 0 Å². The van der Waals surface area contributed by atoms with Crippen LogP contribution in [0.25, 0.3) is 5.69 Å². The largest absolute Gasteiger partial charge is 0.385 e. The second-order valence-electron chi connectivity index (χ2n) is 10.1. The molecule has 1 N–H and O–H groups in total. The average Bonchev–Trinajstić information content (AvgIpc) is 3.25. The molecule has 0 radical (unpaired) electrons. The molecule has 1 aliphatic heterocycles. The van der Waals surface area contributed by atoms with E-state index in [1.807, 2.05) is 11.0 Å². The molecule has 36 heavy (non-hydrogen) atoms. The molecule has 4 rings (SSSR count). The summed E-state index contributed by atoms with van der Waals surface area (Å²) in [7, 11) is 1.72. The van der Waals surface area contributed by atoms with Gasteiger partial charge in [-0.25, -0.2) is 9.48 Å². The van der Waals surface area contributed by atoms with Crippen molar-refractivity contribution in [2.24, 2.45) is 0 Å². The molecule has 1 saturated carbocycles. The zero-order valence-corrected chi connectivity index (χ0v) is 22.4. The lowest BCUT2D eigenvalue weighted by Crippen LogP contribution is -2.48. The number of piperazine rings is 1. The van der Waals surface area contributed by atoms with Crippen LogP contribution in [-0.2, 0) is 11.3 Å². The smallest absolute Gasteiger partial charge is 0.317 e. The van der Waals surface area contributed by atoms with E-state index in [9.17, 15) is 4.79 Å². The molecule has 1 aromatic carbocycles. The fourth-order valence-electron chi connectivity index (χ4n) is 5.44. The van der Waals surface area contributed by atoms with Crippen molar-refractivity contribution in [3.63, 3.8) is 0 Å². The number of nitrogens with zero attached hydrogens (tertiary/aromatic N) is 5. The molecule has 2 heterocycles. The monoisotopic (exact) mass is 496 g/mol. The number of amides is 2. The van der Waals surface area contributed by atoms with Crippen LogP contribution < -0.4 is 10.2 Å².